The van der Waals surface area contributed by atoms with Crippen molar-refractivity contribution in [2.24, 2.45) is 5.92 Å². The van der Waals surface area contributed by atoms with Gasteiger partial charge in [0, 0.05) is 6.66 Å². The molecule has 0 aliphatic heterocycles. The van der Waals surface area contributed by atoms with Gasteiger partial charge in [-0.25, -0.2) is 4.79 Å². The molecule has 0 saturated heterocycles. The van der Waals surface area contributed by atoms with Crippen LogP contribution in [0.3, 0.4) is 0 Å². The molecule has 0 radical (unpaired) electrons. The largest absolute Gasteiger partial charge is 0.445 e. The lowest BCUT2D eigenvalue weighted by atomic mass is 10.2. The maximum atomic E-state index is 12.3. The van der Waals surface area contributed by atoms with Crippen molar-refractivity contribution in [3.63, 3.8) is 0 Å². The third-order valence-electron chi connectivity index (χ3n) is 2.15. The second-order valence-electron chi connectivity index (χ2n) is 4.35. The molecule has 0 heterocycles. The van der Waals surface area contributed by atoms with Crippen LogP contribution in [0.15, 0.2) is 0 Å². The van der Waals surface area contributed by atoms with Crippen LogP contribution in [0.4, 0.5) is 4.79 Å². The first kappa shape index (κ1) is 19.3. The molecule has 0 saturated carbocycles. The van der Waals surface area contributed by atoms with Gasteiger partial charge >= 0.3 is 6.09 Å². The summed E-state index contributed by atoms with van der Waals surface area (Å²) in [6.07, 6.45) is -0.799. The van der Waals surface area contributed by atoms with Crippen LogP contribution in [0, 0.1) is 5.92 Å². The lowest BCUT2D eigenvalue weighted by molar-refractivity contribution is 0.144. The molecule has 1 N–H and O–H groups in total. The van der Waals surface area contributed by atoms with E-state index >= 15 is 0 Å². The van der Waals surface area contributed by atoms with E-state index in [1.165, 1.54) is 6.66 Å². The molecule has 5 nitrogen and oxygen atoms in total. The summed E-state index contributed by atoms with van der Waals surface area (Å²) in [5.41, 5.74) is 0. The summed E-state index contributed by atoms with van der Waals surface area (Å²) in [5, 5.41) is 2.49. The van der Waals surface area contributed by atoms with Crippen LogP contribution in [0.5, 0.6) is 0 Å². The molecule has 0 spiro atoms. The van der Waals surface area contributed by atoms with Gasteiger partial charge in [-0.05, 0) is 12.8 Å². The Kier molecular flexibility index (Phi) is 8.08. The molecule has 19 heavy (non-hydrogen) atoms. The van der Waals surface area contributed by atoms with E-state index in [1.807, 2.05) is 13.8 Å². The highest BCUT2D eigenvalue weighted by Gasteiger charge is 2.34. The molecule has 9 heteroatoms. The van der Waals surface area contributed by atoms with E-state index in [9.17, 15) is 9.36 Å². The van der Waals surface area contributed by atoms with Gasteiger partial charge < -0.3 is 14.6 Å². The third kappa shape index (κ3) is 8.26. The molecule has 0 fully saturated rings. The summed E-state index contributed by atoms with van der Waals surface area (Å²) in [7, 11) is -2.99. The van der Waals surface area contributed by atoms with Crippen LogP contribution >= 0.6 is 42.2 Å². The van der Waals surface area contributed by atoms with E-state index in [4.69, 9.17) is 44.1 Å². The molecular weight excluding hydrogens is 335 g/mol. The highest BCUT2D eigenvalue weighted by Crippen LogP contribution is 2.49. The number of nitrogens with one attached hydrogen (secondary N) is 1. The van der Waals surface area contributed by atoms with Gasteiger partial charge in [0.1, 0.15) is 12.4 Å². The van der Waals surface area contributed by atoms with E-state index in [0.717, 1.165) is 0 Å². The van der Waals surface area contributed by atoms with E-state index in [0.29, 0.717) is 6.61 Å². The van der Waals surface area contributed by atoms with Crippen LogP contribution in [-0.4, -0.2) is 35.5 Å². The smallest absolute Gasteiger partial charge is 0.407 e. The van der Waals surface area contributed by atoms with Crippen molar-refractivity contribution in [2.75, 3.05) is 19.9 Å². The lowest BCUT2D eigenvalue weighted by Gasteiger charge is -2.28. The first-order chi connectivity index (χ1) is 8.49. The second kappa shape index (κ2) is 7.94. The van der Waals surface area contributed by atoms with Gasteiger partial charge in [0.15, 0.2) is 0 Å². The molecular formula is C10H19Cl3NO4P. The normalized spacial score (nSPS) is 16.8. The van der Waals surface area contributed by atoms with Gasteiger partial charge in [0.2, 0.25) is 11.2 Å². The maximum Gasteiger partial charge on any atom is 0.407 e. The number of hydrogen-bond acceptors (Lipinski definition) is 4. The Balaban J connectivity index is 4.60. The molecule has 114 valence electrons. The van der Waals surface area contributed by atoms with Crippen LogP contribution in [0.1, 0.15) is 20.8 Å². The van der Waals surface area contributed by atoms with Crippen LogP contribution in [-0.2, 0) is 13.8 Å². The van der Waals surface area contributed by atoms with Crippen molar-refractivity contribution in [3.8, 4) is 0 Å². The number of carbonyl (C=O) groups is 1. The SMILES string of the molecule is CCOP(C)(=O)C(NC(=O)OCC(Cl)(Cl)Cl)C(C)C. The first-order valence-corrected chi connectivity index (χ1v) is 8.99. The van der Waals surface area contributed by atoms with Crippen molar-refractivity contribution >= 4 is 48.3 Å². The lowest BCUT2D eigenvalue weighted by Crippen LogP contribution is -2.40. The predicted octanol–water partition coefficient (Wildman–Crippen LogP) is 4.01. The molecule has 1 amide bonds. The minimum atomic E-state index is -2.99. The Morgan fingerprint density at radius 1 is 1.37 bits per heavy atom. The molecule has 0 rings (SSSR count). The number of alkyl halides is 3. The first-order valence-electron chi connectivity index (χ1n) is 5.71. The second-order valence-corrected chi connectivity index (χ2v) is 9.50. The summed E-state index contributed by atoms with van der Waals surface area (Å²) < 4.78 is 20.6. The minimum Gasteiger partial charge on any atom is -0.445 e. The third-order valence-corrected chi connectivity index (χ3v) is 4.99. The molecule has 0 aromatic carbocycles. The number of ether oxygens (including phenoxy) is 1. The Hall–Kier alpha value is 0.330. The van der Waals surface area contributed by atoms with E-state index in [2.05, 4.69) is 5.32 Å². The number of rotatable bonds is 6. The number of hydrogen-bond donors (Lipinski definition) is 1. The van der Waals surface area contributed by atoms with E-state index < -0.39 is 29.6 Å². The quantitative estimate of drug-likeness (QED) is 0.578. The van der Waals surface area contributed by atoms with Crippen LogP contribution in [0.25, 0.3) is 0 Å². The maximum absolute atomic E-state index is 12.3. The van der Waals surface area contributed by atoms with Gasteiger partial charge in [-0.3, -0.25) is 4.57 Å². The number of halogens is 3. The van der Waals surface area contributed by atoms with Gasteiger partial charge in [0.05, 0.1) is 6.61 Å². The van der Waals surface area contributed by atoms with Crippen molar-refractivity contribution in [3.05, 3.63) is 0 Å². The summed E-state index contributed by atoms with van der Waals surface area (Å²) in [5.74, 6) is -0.752. The van der Waals surface area contributed by atoms with Crippen molar-refractivity contribution in [1.82, 2.24) is 5.32 Å². The molecule has 0 aliphatic carbocycles. The average Bonchev–Trinajstić information content (AvgIpc) is 2.21. The zero-order valence-electron chi connectivity index (χ0n) is 11.3. The summed E-state index contributed by atoms with van der Waals surface area (Å²) >= 11 is 16.4. The van der Waals surface area contributed by atoms with Crippen molar-refractivity contribution in [2.45, 2.75) is 30.3 Å². The fourth-order valence-electron chi connectivity index (χ4n) is 1.47. The highest BCUT2D eigenvalue weighted by molar-refractivity contribution is 7.58. The minimum absolute atomic E-state index is 0.0947. The molecule has 2 atom stereocenters. The fraction of sp³-hybridized carbons (Fsp3) is 0.900. The van der Waals surface area contributed by atoms with Gasteiger partial charge in [0.25, 0.3) is 0 Å². The molecule has 0 aliphatic rings. The standard InChI is InChI=1S/C10H19Cl3NO4P/c1-5-18-19(4,16)8(7(2)3)14-9(15)17-6-10(11,12)13/h7-8H,5-6H2,1-4H3,(H,14,15). The summed E-state index contributed by atoms with van der Waals surface area (Å²) in [6, 6.07) is 0. The Morgan fingerprint density at radius 2 is 1.89 bits per heavy atom. The Labute approximate surface area is 128 Å². The Morgan fingerprint density at radius 3 is 2.26 bits per heavy atom. The number of alkyl carbamates (subject to hydrolysis) is 1. The number of carbonyl (C=O) groups excluding carboxylic acids is 1. The van der Waals surface area contributed by atoms with Crippen molar-refractivity contribution in [1.29, 1.82) is 0 Å². The van der Waals surface area contributed by atoms with Crippen molar-refractivity contribution < 1.29 is 18.6 Å². The van der Waals surface area contributed by atoms with E-state index in [-0.39, 0.29) is 5.92 Å². The molecule has 2 unspecified atom stereocenters. The monoisotopic (exact) mass is 353 g/mol. The predicted molar refractivity (Wildman–Crippen MR) is 78.6 cm³/mol. The molecule has 0 bridgehead atoms. The van der Waals surface area contributed by atoms with Gasteiger partial charge in [-0.2, -0.15) is 0 Å². The highest BCUT2D eigenvalue weighted by atomic mass is 35.6. The fourth-order valence-corrected chi connectivity index (χ4v) is 3.73. The van der Waals surface area contributed by atoms with Crippen LogP contribution < -0.4 is 5.32 Å². The van der Waals surface area contributed by atoms with E-state index in [1.54, 1.807) is 6.92 Å². The molecule has 0 aromatic heterocycles. The van der Waals surface area contributed by atoms with Gasteiger partial charge in [-0.15, -0.1) is 0 Å². The van der Waals surface area contributed by atoms with Gasteiger partial charge in [-0.1, -0.05) is 48.7 Å². The number of amides is 1. The summed E-state index contributed by atoms with van der Waals surface area (Å²) in [4.78, 5) is 11.6. The van der Waals surface area contributed by atoms with Crippen LogP contribution in [0.2, 0.25) is 0 Å². The topological polar surface area (TPSA) is 64.6 Å². The zero-order chi connectivity index (χ0) is 15.3. The Bertz CT molecular complexity index is 346. The average molecular weight is 355 g/mol. The zero-order valence-corrected chi connectivity index (χ0v) is 14.4. The molecule has 0 aromatic rings. The summed E-state index contributed by atoms with van der Waals surface area (Å²) in [6.45, 7) is 6.73.